The molecule has 4 aromatic rings. The van der Waals surface area contributed by atoms with Crippen molar-refractivity contribution in [1.82, 2.24) is 10.3 Å². The molecule has 4 rings (SSSR count). The number of aromatic nitrogens is 1. The highest BCUT2D eigenvalue weighted by molar-refractivity contribution is 8.00. The van der Waals surface area contributed by atoms with Crippen LogP contribution in [-0.2, 0) is 9.59 Å². The molecule has 0 radical (unpaired) electrons. The van der Waals surface area contributed by atoms with E-state index in [1.807, 2.05) is 49.4 Å². The van der Waals surface area contributed by atoms with E-state index in [4.69, 9.17) is 4.74 Å². The average molecular weight is 595 g/mol. The molecule has 9 heteroatoms. The summed E-state index contributed by atoms with van der Waals surface area (Å²) in [5.41, 5.74) is 2.41. The van der Waals surface area contributed by atoms with Gasteiger partial charge in [-0.2, -0.15) is 0 Å². The Morgan fingerprint density at radius 2 is 1.58 bits per heavy atom. The van der Waals surface area contributed by atoms with Gasteiger partial charge in [0.05, 0.1) is 11.9 Å². The zero-order chi connectivity index (χ0) is 30.4. The van der Waals surface area contributed by atoms with Gasteiger partial charge < -0.3 is 20.7 Å². The molecule has 1 aromatic heterocycles. The maximum atomic E-state index is 13.2. The second-order valence-electron chi connectivity index (χ2n) is 9.62. The van der Waals surface area contributed by atoms with E-state index in [0.717, 1.165) is 23.5 Å². The minimum Gasteiger partial charge on any atom is -0.494 e. The standard InChI is InChI=1S/C34H34N4O4S/c1-3-4-21-42-29-16-12-27(13-17-29)36-32(39)24(2)43-30-18-14-28(15-19-30)37-34(41)31(22-25-9-8-20-35-23-25)38-33(40)26-10-6-5-7-11-26/h5-20,22-24H,3-4,21H2,1-2H3,(H,36,39)(H,37,41)(H,38,40)/b31-22-. The first kappa shape index (κ1) is 31.1. The van der Waals surface area contributed by atoms with Crippen molar-refractivity contribution in [2.24, 2.45) is 0 Å². The first-order valence-corrected chi connectivity index (χ1v) is 14.9. The predicted octanol–water partition coefficient (Wildman–Crippen LogP) is 6.79. The van der Waals surface area contributed by atoms with E-state index in [0.29, 0.717) is 29.1 Å². The number of ether oxygens (including phenoxy) is 1. The van der Waals surface area contributed by atoms with Crippen LogP contribution in [0.15, 0.2) is 114 Å². The summed E-state index contributed by atoms with van der Waals surface area (Å²) in [4.78, 5) is 43.7. The number of amides is 3. The van der Waals surface area contributed by atoms with E-state index in [9.17, 15) is 14.4 Å². The highest BCUT2D eigenvalue weighted by atomic mass is 32.2. The van der Waals surface area contributed by atoms with Gasteiger partial charge in [-0.25, -0.2) is 0 Å². The fourth-order valence-electron chi connectivity index (χ4n) is 3.86. The molecule has 1 atom stereocenters. The van der Waals surface area contributed by atoms with Crippen LogP contribution in [0.2, 0.25) is 0 Å². The van der Waals surface area contributed by atoms with Crippen molar-refractivity contribution in [1.29, 1.82) is 0 Å². The molecule has 3 aromatic carbocycles. The maximum absolute atomic E-state index is 13.2. The van der Waals surface area contributed by atoms with Crippen molar-refractivity contribution in [3.05, 3.63) is 120 Å². The molecule has 1 heterocycles. The van der Waals surface area contributed by atoms with Gasteiger partial charge in [0.15, 0.2) is 0 Å². The first-order chi connectivity index (χ1) is 20.9. The second kappa shape index (κ2) is 15.9. The molecule has 1 unspecified atom stereocenters. The number of rotatable bonds is 13. The third kappa shape index (κ3) is 9.86. The second-order valence-corrected chi connectivity index (χ2v) is 11.0. The van der Waals surface area contributed by atoms with E-state index >= 15 is 0 Å². The fourth-order valence-corrected chi connectivity index (χ4v) is 4.72. The molecule has 0 aliphatic rings. The molecule has 0 saturated heterocycles. The number of benzene rings is 3. The Balaban J connectivity index is 1.35. The topological polar surface area (TPSA) is 109 Å². The first-order valence-electron chi connectivity index (χ1n) is 14.0. The number of unbranched alkanes of at least 4 members (excludes halogenated alkanes) is 1. The van der Waals surface area contributed by atoms with Crippen molar-refractivity contribution >= 4 is 46.9 Å². The van der Waals surface area contributed by atoms with Gasteiger partial charge in [-0.15, -0.1) is 11.8 Å². The van der Waals surface area contributed by atoms with Gasteiger partial charge in [-0.05, 0) is 91.7 Å². The predicted molar refractivity (Wildman–Crippen MR) is 172 cm³/mol. The molecule has 0 fully saturated rings. The van der Waals surface area contributed by atoms with Gasteiger partial charge in [-0.3, -0.25) is 19.4 Å². The highest BCUT2D eigenvalue weighted by Gasteiger charge is 2.17. The normalized spacial score (nSPS) is 11.7. The van der Waals surface area contributed by atoms with E-state index in [2.05, 4.69) is 27.9 Å². The third-order valence-corrected chi connectivity index (χ3v) is 7.32. The van der Waals surface area contributed by atoms with E-state index < -0.39 is 11.8 Å². The molecule has 0 saturated carbocycles. The number of pyridine rings is 1. The van der Waals surface area contributed by atoms with Crippen LogP contribution in [0.4, 0.5) is 11.4 Å². The zero-order valence-corrected chi connectivity index (χ0v) is 24.9. The van der Waals surface area contributed by atoms with Crippen LogP contribution in [0.3, 0.4) is 0 Å². The number of hydrogen-bond acceptors (Lipinski definition) is 6. The number of anilines is 2. The molecule has 0 aliphatic carbocycles. The molecule has 3 N–H and O–H groups in total. The van der Waals surface area contributed by atoms with Crippen molar-refractivity contribution in [3.8, 4) is 5.75 Å². The van der Waals surface area contributed by atoms with Crippen LogP contribution in [0, 0.1) is 0 Å². The summed E-state index contributed by atoms with van der Waals surface area (Å²) in [5.74, 6) is -0.232. The van der Waals surface area contributed by atoms with Crippen LogP contribution in [-0.4, -0.2) is 34.6 Å². The molecule has 220 valence electrons. The van der Waals surface area contributed by atoms with Crippen LogP contribution in [0.1, 0.15) is 42.6 Å². The molecular formula is C34H34N4O4S. The van der Waals surface area contributed by atoms with Crippen molar-refractivity contribution in [3.63, 3.8) is 0 Å². The average Bonchev–Trinajstić information content (AvgIpc) is 3.03. The Labute approximate surface area is 256 Å². The SMILES string of the molecule is CCCCOc1ccc(NC(=O)C(C)Sc2ccc(NC(=O)/C(=C/c3cccnc3)NC(=O)c3ccccc3)cc2)cc1. The third-order valence-electron chi connectivity index (χ3n) is 6.21. The number of nitrogens with one attached hydrogen (secondary N) is 3. The summed E-state index contributed by atoms with van der Waals surface area (Å²) in [7, 11) is 0. The Kier molecular flexibility index (Phi) is 11.5. The van der Waals surface area contributed by atoms with Gasteiger partial charge in [0.2, 0.25) is 5.91 Å². The molecule has 8 nitrogen and oxygen atoms in total. The summed E-state index contributed by atoms with van der Waals surface area (Å²) >= 11 is 1.40. The molecule has 43 heavy (non-hydrogen) atoms. The largest absolute Gasteiger partial charge is 0.494 e. The molecule has 0 aliphatic heterocycles. The lowest BCUT2D eigenvalue weighted by Gasteiger charge is -2.14. The summed E-state index contributed by atoms with van der Waals surface area (Å²) in [6.45, 7) is 4.62. The Bertz CT molecular complexity index is 1530. The maximum Gasteiger partial charge on any atom is 0.272 e. The Morgan fingerprint density at radius 1 is 0.884 bits per heavy atom. The fraction of sp³-hybridized carbons (Fsp3) is 0.176. The summed E-state index contributed by atoms with van der Waals surface area (Å²) < 4.78 is 5.67. The van der Waals surface area contributed by atoms with Crippen LogP contribution >= 0.6 is 11.8 Å². The minimum absolute atomic E-state index is 0.0751. The number of hydrogen-bond donors (Lipinski definition) is 3. The zero-order valence-electron chi connectivity index (χ0n) is 24.1. The van der Waals surface area contributed by atoms with Crippen LogP contribution < -0.4 is 20.7 Å². The summed E-state index contributed by atoms with van der Waals surface area (Å²) in [6, 6.07) is 26.7. The van der Waals surface area contributed by atoms with Crippen molar-refractivity contribution in [2.75, 3.05) is 17.2 Å². The van der Waals surface area contributed by atoms with Crippen LogP contribution in [0.5, 0.6) is 5.75 Å². The summed E-state index contributed by atoms with van der Waals surface area (Å²) in [6.07, 6.45) is 6.87. The molecule has 3 amide bonds. The van der Waals surface area contributed by atoms with E-state index in [1.54, 1.807) is 67.0 Å². The van der Waals surface area contributed by atoms with Gasteiger partial charge >= 0.3 is 0 Å². The highest BCUT2D eigenvalue weighted by Crippen LogP contribution is 2.26. The van der Waals surface area contributed by atoms with E-state index in [1.165, 1.54) is 11.8 Å². The molecular weight excluding hydrogens is 560 g/mol. The summed E-state index contributed by atoms with van der Waals surface area (Å²) in [5, 5.41) is 8.13. The number of thioether (sulfide) groups is 1. The number of carbonyl (C=O) groups is 3. The van der Waals surface area contributed by atoms with E-state index in [-0.39, 0.29) is 16.9 Å². The van der Waals surface area contributed by atoms with Gasteiger partial charge in [0.25, 0.3) is 11.8 Å². The van der Waals surface area contributed by atoms with Crippen LogP contribution in [0.25, 0.3) is 6.08 Å². The molecule has 0 bridgehead atoms. The quantitative estimate of drug-likeness (QED) is 0.0894. The van der Waals surface area contributed by atoms with Gasteiger partial charge in [-0.1, -0.05) is 37.6 Å². The smallest absolute Gasteiger partial charge is 0.272 e. The van der Waals surface area contributed by atoms with Crippen molar-refractivity contribution < 1.29 is 19.1 Å². The number of carbonyl (C=O) groups excluding carboxylic acids is 3. The molecule has 0 spiro atoms. The minimum atomic E-state index is -0.483. The van der Waals surface area contributed by atoms with Gasteiger partial charge in [0.1, 0.15) is 11.4 Å². The Hall–Kier alpha value is -4.89. The van der Waals surface area contributed by atoms with Gasteiger partial charge in [0, 0.05) is 34.2 Å². The lowest BCUT2D eigenvalue weighted by atomic mass is 10.2. The lowest BCUT2D eigenvalue weighted by Crippen LogP contribution is -2.30. The monoisotopic (exact) mass is 594 g/mol. The Morgan fingerprint density at radius 3 is 2.26 bits per heavy atom. The van der Waals surface area contributed by atoms with Crippen molar-refractivity contribution in [2.45, 2.75) is 36.8 Å². The lowest BCUT2D eigenvalue weighted by molar-refractivity contribution is -0.115. The number of nitrogens with zero attached hydrogens (tertiary/aromatic N) is 1.